The van der Waals surface area contributed by atoms with Crippen molar-refractivity contribution in [3.8, 4) is 17.0 Å². The highest BCUT2D eigenvalue weighted by Gasteiger charge is 2.46. The normalized spacial score (nSPS) is 15.7. The van der Waals surface area contributed by atoms with E-state index in [4.69, 9.17) is 9.47 Å². The van der Waals surface area contributed by atoms with Crippen molar-refractivity contribution in [3.05, 3.63) is 88.9 Å². The average Bonchev–Trinajstić information content (AvgIpc) is 3.71. The number of hydrogen-bond donors (Lipinski definition) is 2. The fraction of sp³-hybridized carbons (Fsp3) is 0.257. The first kappa shape index (κ1) is 40.0. The molecule has 3 heterocycles. The van der Waals surface area contributed by atoms with Crippen LogP contribution in [0.4, 0.5) is 46.9 Å². The van der Waals surface area contributed by atoms with Gasteiger partial charge in [-0.1, -0.05) is 11.3 Å². The molecule has 15 nitrogen and oxygen atoms in total. The summed E-state index contributed by atoms with van der Waals surface area (Å²) < 4.78 is 109. The Morgan fingerprint density at radius 1 is 0.965 bits per heavy atom. The lowest BCUT2D eigenvalue weighted by atomic mass is 10.0. The third-order valence-corrected chi connectivity index (χ3v) is 8.65. The largest absolute Gasteiger partial charge is 0.420 e. The minimum absolute atomic E-state index is 0.0178. The van der Waals surface area contributed by atoms with Gasteiger partial charge in [-0.3, -0.25) is 39.1 Å². The van der Waals surface area contributed by atoms with E-state index in [2.05, 4.69) is 20.9 Å². The lowest BCUT2D eigenvalue weighted by Crippen LogP contribution is -2.54. The van der Waals surface area contributed by atoms with Crippen molar-refractivity contribution < 1.29 is 69.0 Å². The van der Waals surface area contributed by atoms with Crippen molar-refractivity contribution in [3.63, 3.8) is 0 Å². The van der Waals surface area contributed by atoms with E-state index < -0.39 is 94.6 Å². The first-order chi connectivity index (χ1) is 26.8. The molecule has 0 spiro atoms. The van der Waals surface area contributed by atoms with Crippen molar-refractivity contribution in [2.24, 2.45) is 0 Å². The van der Waals surface area contributed by atoms with Crippen LogP contribution in [0.15, 0.2) is 60.8 Å². The molecule has 1 aromatic heterocycles. The number of halogens is 7. The monoisotopic (exact) mass is 805 g/mol. The standard InChI is InChI=1S/C35H26F7N7O8/c1-47(19-7-5-18(36)6-8-19)33(55)57-29-21(13-17(34(37,38)39)14-22(29)35(40,41)42)24-15-48(46-45-24)11-12-56-16-27(51)43-23-4-2-3-20-28(23)32(54)49(31(20)53)25-9-10-26(50)44-30(25)52/h2-8,13-15,25H,9-12,16H2,1H3,(H,43,51)(H,44,50,52). The first-order valence-electron chi connectivity index (χ1n) is 16.5. The minimum Gasteiger partial charge on any atom is -0.409 e. The van der Waals surface area contributed by atoms with Gasteiger partial charge < -0.3 is 14.8 Å². The molecule has 1 unspecified atom stereocenters. The number of imide groups is 2. The summed E-state index contributed by atoms with van der Waals surface area (Å²) in [5.41, 5.74) is -5.53. The molecule has 2 aliphatic rings. The topological polar surface area (TPSA) is 182 Å². The van der Waals surface area contributed by atoms with Crippen LogP contribution < -0.4 is 20.3 Å². The molecule has 2 N–H and O–H groups in total. The number of amides is 6. The first-order valence-corrected chi connectivity index (χ1v) is 16.5. The quantitative estimate of drug-likeness (QED) is 0.128. The Labute approximate surface area is 315 Å². The zero-order valence-electron chi connectivity index (χ0n) is 29.0. The molecule has 0 saturated carbocycles. The van der Waals surface area contributed by atoms with Crippen molar-refractivity contribution in [1.82, 2.24) is 25.2 Å². The van der Waals surface area contributed by atoms with E-state index >= 15 is 0 Å². The summed E-state index contributed by atoms with van der Waals surface area (Å²) in [6.45, 7) is -1.21. The molecule has 0 bridgehead atoms. The molecule has 0 aliphatic carbocycles. The highest BCUT2D eigenvalue weighted by molar-refractivity contribution is 6.26. The molecule has 298 valence electrons. The number of ether oxygens (including phenoxy) is 2. The summed E-state index contributed by atoms with van der Waals surface area (Å²) in [5.74, 6) is -5.85. The minimum atomic E-state index is -5.46. The highest BCUT2D eigenvalue weighted by atomic mass is 19.4. The summed E-state index contributed by atoms with van der Waals surface area (Å²) >= 11 is 0. The number of nitrogens with one attached hydrogen (secondary N) is 2. The van der Waals surface area contributed by atoms with Gasteiger partial charge in [0.2, 0.25) is 17.7 Å². The summed E-state index contributed by atoms with van der Waals surface area (Å²) in [5, 5.41) is 11.9. The second kappa shape index (κ2) is 15.4. The number of nitrogens with zero attached hydrogens (tertiary/aromatic N) is 5. The maximum Gasteiger partial charge on any atom is 0.420 e. The molecule has 3 aromatic carbocycles. The molecular weight excluding hydrogens is 779 g/mol. The predicted octanol–water partition coefficient (Wildman–Crippen LogP) is 4.81. The van der Waals surface area contributed by atoms with Gasteiger partial charge in [0, 0.05) is 24.7 Å². The average molecular weight is 806 g/mol. The van der Waals surface area contributed by atoms with Gasteiger partial charge in [0.25, 0.3) is 11.8 Å². The zero-order chi connectivity index (χ0) is 41.4. The van der Waals surface area contributed by atoms with Crippen LogP contribution in [0, 0.1) is 5.82 Å². The van der Waals surface area contributed by atoms with Crippen molar-refractivity contribution >= 4 is 47.0 Å². The van der Waals surface area contributed by atoms with Gasteiger partial charge in [-0.25, -0.2) is 13.9 Å². The SMILES string of the molecule is CN(C(=O)Oc1c(-c2cn(CCOCC(=O)Nc3cccc4c3C(=O)N(C3CCC(=O)NC3=O)C4=O)nn2)cc(C(F)(F)F)cc1C(F)(F)F)c1ccc(F)cc1. The summed E-state index contributed by atoms with van der Waals surface area (Å²) in [6.07, 6.45) is -11.4. The van der Waals surface area contributed by atoms with Gasteiger partial charge in [0.15, 0.2) is 5.75 Å². The van der Waals surface area contributed by atoms with Crippen LogP contribution in [0.3, 0.4) is 0 Å². The number of piperidine rings is 1. The van der Waals surface area contributed by atoms with Gasteiger partial charge >= 0.3 is 18.4 Å². The second-order valence-electron chi connectivity index (χ2n) is 12.4. The Morgan fingerprint density at radius 2 is 1.68 bits per heavy atom. The van der Waals surface area contributed by atoms with E-state index in [1.54, 1.807) is 0 Å². The fourth-order valence-corrected chi connectivity index (χ4v) is 5.89. The molecule has 1 atom stereocenters. The lowest BCUT2D eigenvalue weighted by molar-refractivity contribution is -0.143. The Hall–Kier alpha value is -6.71. The van der Waals surface area contributed by atoms with Crippen LogP contribution >= 0.6 is 0 Å². The Balaban J connectivity index is 1.14. The Kier molecular flexibility index (Phi) is 10.8. The molecule has 57 heavy (non-hydrogen) atoms. The van der Waals surface area contributed by atoms with Gasteiger partial charge in [0.05, 0.1) is 47.3 Å². The third kappa shape index (κ3) is 8.44. The van der Waals surface area contributed by atoms with Gasteiger partial charge in [-0.15, -0.1) is 5.10 Å². The van der Waals surface area contributed by atoms with E-state index in [1.165, 1.54) is 18.2 Å². The molecule has 4 aromatic rings. The second-order valence-corrected chi connectivity index (χ2v) is 12.4. The Morgan fingerprint density at radius 3 is 2.35 bits per heavy atom. The molecule has 1 fully saturated rings. The van der Waals surface area contributed by atoms with Crippen LogP contribution in [0.1, 0.15) is 44.7 Å². The maximum atomic E-state index is 14.2. The predicted molar refractivity (Wildman–Crippen MR) is 179 cm³/mol. The molecular formula is C35H26F7N7O8. The van der Waals surface area contributed by atoms with Crippen LogP contribution in [-0.2, 0) is 38.0 Å². The molecule has 6 amide bonds. The molecule has 0 radical (unpaired) electrons. The number of alkyl halides is 6. The number of rotatable bonds is 10. The molecule has 2 aliphatic heterocycles. The van der Waals surface area contributed by atoms with Gasteiger partial charge in [0.1, 0.15) is 24.2 Å². The van der Waals surface area contributed by atoms with Crippen molar-refractivity contribution in [2.45, 2.75) is 37.8 Å². The zero-order valence-corrected chi connectivity index (χ0v) is 29.0. The van der Waals surface area contributed by atoms with E-state index in [1.807, 2.05) is 0 Å². The number of carbonyl (C=O) groups is 6. The van der Waals surface area contributed by atoms with Crippen molar-refractivity contribution in [1.29, 1.82) is 0 Å². The third-order valence-electron chi connectivity index (χ3n) is 8.65. The van der Waals surface area contributed by atoms with Gasteiger partial charge in [-0.05, 0) is 55.0 Å². The summed E-state index contributed by atoms with van der Waals surface area (Å²) in [7, 11) is 1.08. The van der Waals surface area contributed by atoms with E-state index in [0.717, 1.165) is 42.2 Å². The van der Waals surface area contributed by atoms with Crippen molar-refractivity contribution in [2.75, 3.05) is 30.5 Å². The molecule has 1 saturated heterocycles. The molecule has 6 rings (SSSR count). The van der Waals surface area contributed by atoms with E-state index in [-0.39, 0.29) is 54.6 Å². The summed E-state index contributed by atoms with van der Waals surface area (Å²) in [6, 6.07) is 7.01. The maximum absolute atomic E-state index is 14.2. The fourth-order valence-electron chi connectivity index (χ4n) is 5.89. The van der Waals surface area contributed by atoms with Crippen LogP contribution in [0.2, 0.25) is 0 Å². The number of benzene rings is 3. The Bertz CT molecular complexity index is 2290. The smallest absolute Gasteiger partial charge is 0.409 e. The van der Waals surface area contributed by atoms with Crippen LogP contribution in [-0.4, -0.2) is 81.8 Å². The highest BCUT2D eigenvalue weighted by Crippen LogP contribution is 2.46. The van der Waals surface area contributed by atoms with Crippen LogP contribution in [0.5, 0.6) is 5.75 Å². The number of anilines is 2. The molecule has 22 heteroatoms. The lowest BCUT2D eigenvalue weighted by Gasteiger charge is -2.27. The van der Waals surface area contributed by atoms with E-state index in [0.29, 0.717) is 15.9 Å². The van der Waals surface area contributed by atoms with Gasteiger partial charge in [-0.2, -0.15) is 26.3 Å². The number of hydrogen-bond acceptors (Lipinski definition) is 10. The number of aromatic nitrogens is 3. The van der Waals surface area contributed by atoms with Crippen LogP contribution in [0.25, 0.3) is 11.3 Å². The number of fused-ring (bicyclic) bond motifs is 1. The van der Waals surface area contributed by atoms with E-state index in [9.17, 15) is 59.5 Å². The number of carbonyl (C=O) groups excluding carboxylic acids is 6. The summed E-state index contributed by atoms with van der Waals surface area (Å²) in [4.78, 5) is 77.3.